The minimum absolute atomic E-state index is 0.00895. The predicted octanol–water partition coefficient (Wildman–Crippen LogP) is 2.12. The number of pyridine rings is 2. The second kappa shape index (κ2) is 8.09. The molecule has 1 N–H and O–H groups in total. The van der Waals surface area contributed by atoms with E-state index in [-0.39, 0.29) is 11.9 Å². The first-order valence-corrected chi connectivity index (χ1v) is 9.17. The lowest BCUT2D eigenvalue weighted by Crippen LogP contribution is -2.39. The van der Waals surface area contributed by atoms with Crippen molar-refractivity contribution in [3.05, 3.63) is 72.7 Å². The molecule has 1 fully saturated rings. The van der Waals surface area contributed by atoms with E-state index < -0.39 is 0 Å². The Hall–Kier alpha value is -3.06. The first kappa shape index (κ1) is 17.4. The summed E-state index contributed by atoms with van der Waals surface area (Å²) < 4.78 is 1.85. The summed E-state index contributed by atoms with van der Waals surface area (Å²) in [5.74, 6) is 0.764. The van der Waals surface area contributed by atoms with Crippen LogP contribution in [0.3, 0.4) is 0 Å². The Morgan fingerprint density at radius 3 is 2.70 bits per heavy atom. The van der Waals surface area contributed by atoms with Gasteiger partial charge in [0, 0.05) is 43.1 Å². The number of imidazole rings is 1. The third kappa shape index (κ3) is 3.88. The van der Waals surface area contributed by atoms with Gasteiger partial charge in [-0.3, -0.25) is 19.2 Å². The van der Waals surface area contributed by atoms with Gasteiger partial charge in [0.2, 0.25) is 5.91 Å². The molecule has 1 aliphatic rings. The number of nitrogens with one attached hydrogen (secondary N) is 1. The van der Waals surface area contributed by atoms with Crippen LogP contribution in [0.2, 0.25) is 0 Å². The molecule has 7 heteroatoms. The van der Waals surface area contributed by atoms with Gasteiger partial charge in [0.25, 0.3) is 0 Å². The maximum atomic E-state index is 13.1. The maximum absolute atomic E-state index is 13.1. The Labute approximate surface area is 158 Å². The zero-order chi connectivity index (χ0) is 18.5. The summed E-state index contributed by atoms with van der Waals surface area (Å²) in [6.45, 7) is 2.27. The van der Waals surface area contributed by atoms with Crippen LogP contribution in [0.15, 0.2) is 61.6 Å². The van der Waals surface area contributed by atoms with Crippen molar-refractivity contribution in [1.82, 2.24) is 29.7 Å². The van der Waals surface area contributed by atoms with Gasteiger partial charge in [-0.25, -0.2) is 9.97 Å². The highest BCUT2D eigenvalue weighted by Gasteiger charge is 2.29. The third-order valence-electron chi connectivity index (χ3n) is 4.82. The van der Waals surface area contributed by atoms with E-state index in [1.807, 2.05) is 35.0 Å². The molecule has 0 aliphatic carbocycles. The molecular formula is C20H22N6O. The fourth-order valence-corrected chi connectivity index (χ4v) is 3.53. The maximum Gasteiger partial charge on any atom is 0.242 e. The molecule has 4 rings (SSSR count). The van der Waals surface area contributed by atoms with Crippen molar-refractivity contribution in [1.29, 1.82) is 0 Å². The molecule has 1 amide bonds. The van der Waals surface area contributed by atoms with E-state index in [4.69, 9.17) is 0 Å². The molecular weight excluding hydrogens is 340 g/mol. The summed E-state index contributed by atoms with van der Waals surface area (Å²) >= 11 is 0. The second-order valence-corrected chi connectivity index (χ2v) is 6.61. The predicted molar refractivity (Wildman–Crippen MR) is 101 cm³/mol. The number of carbonyl (C=O) groups is 1. The third-order valence-corrected chi connectivity index (χ3v) is 4.82. The lowest BCUT2D eigenvalue weighted by Gasteiger charge is -2.26. The number of amides is 1. The largest absolute Gasteiger partial charge is 0.350 e. The van der Waals surface area contributed by atoms with Gasteiger partial charge < -0.3 is 5.32 Å². The lowest BCUT2D eigenvalue weighted by molar-refractivity contribution is -0.126. The van der Waals surface area contributed by atoms with Crippen LogP contribution in [0.4, 0.5) is 0 Å². The van der Waals surface area contributed by atoms with Crippen LogP contribution in [0.25, 0.3) is 5.82 Å². The molecule has 0 radical (unpaired) electrons. The number of aromatic nitrogens is 4. The Morgan fingerprint density at radius 1 is 1.11 bits per heavy atom. The zero-order valence-corrected chi connectivity index (χ0v) is 15.0. The van der Waals surface area contributed by atoms with Gasteiger partial charge >= 0.3 is 0 Å². The van der Waals surface area contributed by atoms with Gasteiger partial charge in [0.1, 0.15) is 18.2 Å². The molecule has 0 unspecified atom stereocenters. The van der Waals surface area contributed by atoms with Crippen molar-refractivity contribution in [3.8, 4) is 5.82 Å². The van der Waals surface area contributed by atoms with Crippen molar-refractivity contribution in [2.45, 2.75) is 25.4 Å². The molecule has 3 aromatic rings. The van der Waals surface area contributed by atoms with Crippen LogP contribution < -0.4 is 5.32 Å². The molecule has 1 aliphatic heterocycles. The highest BCUT2D eigenvalue weighted by atomic mass is 16.2. The molecule has 0 aromatic carbocycles. The van der Waals surface area contributed by atoms with Crippen LogP contribution in [0.5, 0.6) is 0 Å². The van der Waals surface area contributed by atoms with Gasteiger partial charge in [-0.15, -0.1) is 0 Å². The highest BCUT2D eigenvalue weighted by Crippen LogP contribution is 2.25. The first-order valence-electron chi connectivity index (χ1n) is 9.17. The first-order chi connectivity index (χ1) is 13.3. The van der Waals surface area contributed by atoms with Crippen LogP contribution in [-0.4, -0.2) is 43.4 Å². The average Bonchev–Trinajstić information content (AvgIpc) is 3.42. The van der Waals surface area contributed by atoms with Crippen molar-refractivity contribution in [3.63, 3.8) is 0 Å². The van der Waals surface area contributed by atoms with Gasteiger partial charge in [0.05, 0.1) is 0 Å². The van der Waals surface area contributed by atoms with E-state index in [9.17, 15) is 4.79 Å². The second-order valence-electron chi connectivity index (χ2n) is 6.61. The monoisotopic (exact) mass is 362 g/mol. The minimum atomic E-state index is -0.311. The molecule has 0 saturated carbocycles. The smallest absolute Gasteiger partial charge is 0.242 e. The topological polar surface area (TPSA) is 75.9 Å². The molecule has 3 aromatic heterocycles. The van der Waals surface area contributed by atoms with E-state index in [2.05, 4.69) is 25.2 Å². The van der Waals surface area contributed by atoms with Gasteiger partial charge in [-0.1, -0.05) is 12.1 Å². The number of hydrogen-bond donors (Lipinski definition) is 1. The van der Waals surface area contributed by atoms with Crippen LogP contribution >= 0.6 is 0 Å². The standard InChI is InChI=1S/C20H22N6O/c27-20(18(25-10-1-2-11-25)16-5-3-7-21-13-16)24-14-17-6-4-8-23-19(17)26-12-9-22-15-26/h3-9,12-13,15,18H,1-2,10-11,14H2,(H,24,27)/t18-/m1/s1. The Kier molecular flexibility index (Phi) is 5.20. The Balaban J connectivity index is 1.53. The molecule has 4 heterocycles. The molecule has 27 heavy (non-hydrogen) atoms. The van der Waals surface area contributed by atoms with E-state index in [1.54, 1.807) is 31.1 Å². The van der Waals surface area contributed by atoms with Gasteiger partial charge in [-0.05, 0) is 43.6 Å². The summed E-state index contributed by atoms with van der Waals surface area (Å²) in [4.78, 5) is 28.0. The minimum Gasteiger partial charge on any atom is -0.350 e. The molecule has 138 valence electrons. The van der Waals surface area contributed by atoms with Crippen molar-refractivity contribution >= 4 is 5.91 Å². The zero-order valence-electron chi connectivity index (χ0n) is 15.0. The fourth-order valence-electron chi connectivity index (χ4n) is 3.53. The lowest BCUT2D eigenvalue weighted by atomic mass is 10.1. The van der Waals surface area contributed by atoms with Crippen LogP contribution in [0.1, 0.15) is 30.0 Å². The molecule has 1 atom stereocenters. The summed E-state index contributed by atoms with van der Waals surface area (Å²) in [6, 6.07) is 7.38. The highest BCUT2D eigenvalue weighted by molar-refractivity contribution is 5.83. The van der Waals surface area contributed by atoms with Crippen molar-refractivity contribution < 1.29 is 4.79 Å². The van der Waals surface area contributed by atoms with Crippen LogP contribution in [0, 0.1) is 0 Å². The number of rotatable bonds is 6. The fraction of sp³-hybridized carbons (Fsp3) is 0.300. The SMILES string of the molecule is O=C(NCc1cccnc1-n1ccnc1)[C@@H](c1cccnc1)N1CCCC1. The van der Waals surface area contributed by atoms with E-state index in [0.717, 1.165) is 42.9 Å². The number of nitrogens with zero attached hydrogens (tertiary/aromatic N) is 5. The Bertz CT molecular complexity index is 875. The number of carbonyl (C=O) groups excluding carboxylic acids is 1. The number of hydrogen-bond acceptors (Lipinski definition) is 5. The molecule has 0 spiro atoms. The van der Waals surface area contributed by atoms with Crippen molar-refractivity contribution in [2.24, 2.45) is 0 Å². The summed E-state index contributed by atoms with van der Waals surface area (Å²) in [7, 11) is 0. The quantitative estimate of drug-likeness (QED) is 0.727. The van der Waals surface area contributed by atoms with Gasteiger partial charge in [-0.2, -0.15) is 0 Å². The molecule has 7 nitrogen and oxygen atoms in total. The molecule has 1 saturated heterocycles. The van der Waals surface area contributed by atoms with E-state index in [0.29, 0.717) is 6.54 Å². The normalized spacial score (nSPS) is 15.6. The average molecular weight is 362 g/mol. The van der Waals surface area contributed by atoms with Gasteiger partial charge in [0.15, 0.2) is 0 Å². The van der Waals surface area contributed by atoms with Crippen molar-refractivity contribution in [2.75, 3.05) is 13.1 Å². The summed E-state index contributed by atoms with van der Waals surface area (Å²) in [5.41, 5.74) is 1.87. The summed E-state index contributed by atoms with van der Waals surface area (Å²) in [6.07, 6.45) is 12.8. The summed E-state index contributed by atoms with van der Waals surface area (Å²) in [5, 5.41) is 3.09. The molecule has 0 bridgehead atoms. The van der Waals surface area contributed by atoms with Crippen LogP contribution in [-0.2, 0) is 11.3 Å². The van der Waals surface area contributed by atoms with E-state index in [1.165, 1.54) is 0 Å². The Morgan fingerprint density at radius 2 is 1.96 bits per heavy atom. The van der Waals surface area contributed by atoms with E-state index >= 15 is 0 Å². The number of likely N-dealkylation sites (tertiary alicyclic amines) is 1.